The molecule has 0 bridgehead atoms. The Labute approximate surface area is 161 Å². The highest BCUT2D eigenvalue weighted by Crippen LogP contribution is 2.10. The van der Waals surface area contributed by atoms with Crippen molar-refractivity contribution < 1.29 is 4.79 Å². The molecule has 1 aliphatic rings. The van der Waals surface area contributed by atoms with Crippen LogP contribution in [0.2, 0.25) is 0 Å². The van der Waals surface area contributed by atoms with Crippen molar-refractivity contribution >= 4 is 5.91 Å². The van der Waals surface area contributed by atoms with E-state index in [1.54, 1.807) is 0 Å². The molecule has 1 aliphatic heterocycles. The molecule has 0 aromatic heterocycles. The maximum Gasteiger partial charge on any atom is 0.222 e. The topological polar surface area (TPSA) is 20.3 Å². The van der Waals surface area contributed by atoms with Crippen LogP contribution in [-0.4, -0.2) is 23.9 Å². The largest absolute Gasteiger partial charge is 0.343 e. The van der Waals surface area contributed by atoms with E-state index in [4.69, 9.17) is 0 Å². The van der Waals surface area contributed by atoms with E-state index in [0.29, 0.717) is 12.3 Å². The van der Waals surface area contributed by atoms with Crippen LogP contribution in [-0.2, 0) is 4.79 Å². The summed E-state index contributed by atoms with van der Waals surface area (Å²) in [5, 5.41) is 0. The van der Waals surface area contributed by atoms with E-state index in [1.165, 1.54) is 38.5 Å². The zero-order valence-electron chi connectivity index (χ0n) is 16.9. The van der Waals surface area contributed by atoms with Gasteiger partial charge < -0.3 is 4.90 Å². The third-order valence-corrected chi connectivity index (χ3v) is 4.68. The molecule has 1 fully saturated rings. The van der Waals surface area contributed by atoms with Crippen molar-refractivity contribution in [1.29, 1.82) is 0 Å². The minimum absolute atomic E-state index is 0.346. The standard InChI is InChI=1S/C24H39NO/c1-2-3-4-5-6-7-8-9-10-11-12-13-14-15-16-17-18-21-24(26)25-22-19-20-23-25/h6-7,9-10,12-13,15-16H,2-5,8,11,14,17-23H2,1H3/b7-6+,10-9+,13-12+,16-15+. The summed E-state index contributed by atoms with van der Waals surface area (Å²) in [6.45, 7) is 4.20. The number of hydrogen-bond acceptors (Lipinski definition) is 1. The second-order valence-corrected chi connectivity index (χ2v) is 7.07. The molecule has 0 aliphatic carbocycles. The van der Waals surface area contributed by atoms with E-state index >= 15 is 0 Å². The average molecular weight is 358 g/mol. The lowest BCUT2D eigenvalue weighted by Crippen LogP contribution is -2.27. The lowest BCUT2D eigenvalue weighted by Gasteiger charge is -2.14. The van der Waals surface area contributed by atoms with Gasteiger partial charge in [0.1, 0.15) is 0 Å². The second kappa shape index (κ2) is 16.9. The molecule has 0 atom stereocenters. The maximum atomic E-state index is 11.9. The maximum absolute atomic E-state index is 11.9. The molecule has 26 heavy (non-hydrogen) atoms. The van der Waals surface area contributed by atoms with Gasteiger partial charge in [-0.1, -0.05) is 68.4 Å². The molecule has 0 saturated carbocycles. The van der Waals surface area contributed by atoms with Crippen molar-refractivity contribution in [3.05, 3.63) is 48.6 Å². The molecule has 2 heteroatoms. The van der Waals surface area contributed by atoms with Gasteiger partial charge in [0.2, 0.25) is 5.91 Å². The molecule has 0 aromatic rings. The normalized spacial score (nSPS) is 15.5. The minimum atomic E-state index is 0.346. The first-order chi connectivity index (χ1) is 12.8. The zero-order valence-corrected chi connectivity index (χ0v) is 16.9. The molecule has 0 unspecified atom stereocenters. The fourth-order valence-electron chi connectivity index (χ4n) is 3.06. The average Bonchev–Trinajstić information content (AvgIpc) is 3.19. The summed E-state index contributed by atoms with van der Waals surface area (Å²) < 4.78 is 0. The van der Waals surface area contributed by atoms with Crippen molar-refractivity contribution in [1.82, 2.24) is 4.90 Å². The van der Waals surface area contributed by atoms with E-state index in [9.17, 15) is 4.79 Å². The first-order valence-corrected chi connectivity index (χ1v) is 10.7. The number of nitrogens with zero attached hydrogens (tertiary/aromatic N) is 1. The second-order valence-electron chi connectivity index (χ2n) is 7.07. The first-order valence-electron chi connectivity index (χ1n) is 10.7. The van der Waals surface area contributed by atoms with E-state index in [1.807, 2.05) is 4.90 Å². The monoisotopic (exact) mass is 357 g/mol. The van der Waals surface area contributed by atoms with Gasteiger partial charge in [0.15, 0.2) is 0 Å². The van der Waals surface area contributed by atoms with Gasteiger partial charge in [0.25, 0.3) is 0 Å². The molecule has 2 nitrogen and oxygen atoms in total. The third kappa shape index (κ3) is 12.7. The fourth-order valence-corrected chi connectivity index (χ4v) is 3.06. The number of hydrogen-bond donors (Lipinski definition) is 0. The SMILES string of the molecule is CCCCC/C=C/C/C=C/C/C=C/C/C=C/CCCC(=O)N1CCCC1. The van der Waals surface area contributed by atoms with Crippen molar-refractivity contribution in [2.45, 2.75) is 84.0 Å². The van der Waals surface area contributed by atoms with Crippen LogP contribution in [0.25, 0.3) is 0 Å². The Morgan fingerprint density at radius 1 is 0.731 bits per heavy atom. The van der Waals surface area contributed by atoms with Crippen LogP contribution in [0.1, 0.15) is 84.0 Å². The van der Waals surface area contributed by atoms with Crippen molar-refractivity contribution in [3.8, 4) is 0 Å². The Morgan fingerprint density at radius 3 is 1.77 bits per heavy atom. The molecule has 0 radical (unpaired) electrons. The van der Waals surface area contributed by atoms with Gasteiger partial charge in [0.05, 0.1) is 0 Å². The van der Waals surface area contributed by atoms with Gasteiger partial charge in [-0.15, -0.1) is 0 Å². The summed E-state index contributed by atoms with van der Waals surface area (Å²) in [6, 6.07) is 0. The van der Waals surface area contributed by atoms with Gasteiger partial charge >= 0.3 is 0 Å². The van der Waals surface area contributed by atoms with Crippen LogP contribution >= 0.6 is 0 Å². The summed E-state index contributed by atoms with van der Waals surface area (Å²) in [7, 11) is 0. The lowest BCUT2D eigenvalue weighted by atomic mass is 10.2. The molecule has 0 aromatic carbocycles. The lowest BCUT2D eigenvalue weighted by molar-refractivity contribution is -0.130. The van der Waals surface area contributed by atoms with Crippen LogP contribution in [0.3, 0.4) is 0 Å². The zero-order chi connectivity index (χ0) is 18.7. The number of allylic oxidation sites excluding steroid dienone is 8. The molecule has 0 spiro atoms. The van der Waals surface area contributed by atoms with E-state index in [2.05, 4.69) is 55.5 Å². The summed E-state index contributed by atoms with van der Waals surface area (Å²) in [4.78, 5) is 13.9. The highest BCUT2D eigenvalue weighted by Gasteiger charge is 2.16. The van der Waals surface area contributed by atoms with Crippen LogP contribution < -0.4 is 0 Å². The van der Waals surface area contributed by atoms with E-state index < -0.39 is 0 Å². The molecule has 1 rings (SSSR count). The third-order valence-electron chi connectivity index (χ3n) is 4.68. The van der Waals surface area contributed by atoms with Crippen molar-refractivity contribution in [3.63, 3.8) is 0 Å². The number of carbonyl (C=O) groups is 1. The molecular weight excluding hydrogens is 318 g/mol. The summed E-state index contributed by atoms with van der Waals surface area (Å²) in [6.07, 6.45) is 31.2. The smallest absolute Gasteiger partial charge is 0.222 e. The van der Waals surface area contributed by atoms with Gasteiger partial charge in [-0.2, -0.15) is 0 Å². The summed E-state index contributed by atoms with van der Waals surface area (Å²) in [5.41, 5.74) is 0. The van der Waals surface area contributed by atoms with Gasteiger partial charge in [-0.05, 0) is 57.8 Å². The number of likely N-dealkylation sites (tertiary alicyclic amines) is 1. The van der Waals surface area contributed by atoms with Crippen LogP contribution in [0.4, 0.5) is 0 Å². The molecule has 1 saturated heterocycles. The minimum Gasteiger partial charge on any atom is -0.343 e. The quantitative estimate of drug-likeness (QED) is 0.248. The molecule has 146 valence electrons. The number of unbranched alkanes of at least 4 members (excludes halogenated alkanes) is 4. The molecule has 1 amide bonds. The Kier molecular flexibility index (Phi) is 14.6. The van der Waals surface area contributed by atoms with Gasteiger partial charge in [-0.3, -0.25) is 4.79 Å². The Bertz CT molecular complexity index is 453. The Balaban J connectivity index is 1.90. The highest BCUT2D eigenvalue weighted by atomic mass is 16.2. The Morgan fingerprint density at radius 2 is 1.23 bits per heavy atom. The van der Waals surface area contributed by atoms with Crippen LogP contribution in [0.15, 0.2) is 48.6 Å². The number of amides is 1. The van der Waals surface area contributed by atoms with E-state index in [-0.39, 0.29) is 0 Å². The number of carbonyl (C=O) groups excluding carboxylic acids is 1. The van der Waals surface area contributed by atoms with Crippen LogP contribution in [0.5, 0.6) is 0 Å². The fraction of sp³-hybridized carbons (Fsp3) is 0.625. The molecule has 1 heterocycles. The predicted octanol–water partition coefficient (Wildman–Crippen LogP) is 6.75. The Hall–Kier alpha value is -1.57. The highest BCUT2D eigenvalue weighted by molar-refractivity contribution is 5.76. The summed E-state index contributed by atoms with van der Waals surface area (Å²) in [5.74, 6) is 0.346. The van der Waals surface area contributed by atoms with E-state index in [0.717, 1.165) is 45.2 Å². The molecular formula is C24H39NO. The predicted molar refractivity (Wildman–Crippen MR) is 114 cm³/mol. The van der Waals surface area contributed by atoms with Crippen molar-refractivity contribution in [2.24, 2.45) is 0 Å². The molecule has 0 N–H and O–H groups in total. The first kappa shape index (κ1) is 22.5. The number of rotatable bonds is 14. The van der Waals surface area contributed by atoms with Crippen LogP contribution in [0, 0.1) is 0 Å². The summed E-state index contributed by atoms with van der Waals surface area (Å²) >= 11 is 0. The van der Waals surface area contributed by atoms with Gasteiger partial charge in [0, 0.05) is 19.5 Å². The van der Waals surface area contributed by atoms with Gasteiger partial charge in [-0.25, -0.2) is 0 Å². The van der Waals surface area contributed by atoms with Crippen molar-refractivity contribution in [2.75, 3.05) is 13.1 Å².